The van der Waals surface area contributed by atoms with Gasteiger partial charge in [-0.25, -0.2) is 0 Å². The van der Waals surface area contributed by atoms with Crippen molar-refractivity contribution in [3.63, 3.8) is 0 Å². The van der Waals surface area contributed by atoms with E-state index in [1.165, 1.54) is 19.2 Å². The Morgan fingerprint density at radius 2 is 2.29 bits per heavy atom. The summed E-state index contributed by atoms with van der Waals surface area (Å²) in [5.41, 5.74) is 1.91. The molecule has 0 saturated heterocycles. The number of aromatic nitrogens is 4. The van der Waals surface area contributed by atoms with Gasteiger partial charge in [0, 0.05) is 11.5 Å². The lowest BCUT2D eigenvalue weighted by Crippen LogP contribution is -1.92. The molecule has 2 aromatic heterocycles. The van der Waals surface area contributed by atoms with Crippen LogP contribution in [0, 0.1) is 0 Å². The molecule has 0 radical (unpaired) electrons. The molecule has 0 spiro atoms. The van der Waals surface area contributed by atoms with E-state index in [1.54, 1.807) is 6.20 Å². The zero-order valence-corrected chi connectivity index (χ0v) is 7.42. The first-order valence-electron chi connectivity index (χ1n) is 4.53. The van der Waals surface area contributed by atoms with Gasteiger partial charge in [-0.15, -0.1) is 0 Å². The third-order valence-electron chi connectivity index (χ3n) is 2.29. The summed E-state index contributed by atoms with van der Waals surface area (Å²) >= 11 is 0. The van der Waals surface area contributed by atoms with Crippen molar-refractivity contribution < 1.29 is 4.52 Å². The van der Waals surface area contributed by atoms with Gasteiger partial charge in [-0.1, -0.05) is 5.16 Å². The molecule has 2 heterocycles. The minimum absolute atomic E-state index is 0.571. The van der Waals surface area contributed by atoms with E-state index < -0.39 is 0 Å². The van der Waals surface area contributed by atoms with E-state index in [9.17, 15) is 0 Å². The van der Waals surface area contributed by atoms with Crippen LogP contribution >= 0.6 is 0 Å². The lowest BCUT2D eigenvalue weighted by atomic mass is 10.2. The molecular formula is C9H8N4O. The van der Waals surface area contributed by atoms with Crippen molar-refractivity contribution in [2.75, 3.05) is 0 Å². The van der Waals surface area contributed by atoms with Gasteiger partial charge in [0.25, 0.3) is 0 Å². The quantitative estimate of drug-likeness (QED) is 0.712. The van der Waals surface area contributed by atoms with Crippen molar-refractivity contribution in [2.24, 2.45) is 0 Å². The molecule has 14 heavy (non-hydrogen) atoms. The molecule has 1 aliphatic carbocycles. The van der Waals surface area contributed by atoms with E-state index in [4.69, 9.17) is 0 Å². The SMILES string of the molecule is c1nc(-c2cnnc(C3CC3)c2)no1. The van der Waals surface area contributed by atoms with Gasteiger partial charge in [-0.2, -0.15) is 15.2 Å². The zero-order valence-electron chi connectivity index (χ0n) is 7.42. The van der Waals surface area contributed by atoms with Crippen LogP contribution in [0.25, 0.3) is 11.4 Å². The first-order valence-corrected chi connectivity index (χ1v) is 4.53. The van der Waals surface area contributed by atoms with Crippen LogP contribution in [-0.2, 0) is 0 Å². The van der Waals surface area contributed by atoms with Gasteiger partial charge in [-0.3, -0.25) is 0 Å². The van der Waals surface area contributed by atoms with Crippen LogP contribution in [0.4, 0.5) is 0 Å². The van der Waals surface area contributed by atoms with Crippen LogP contribution in [0.2, 0.25) is 0 Å². The first kappa shape index (κ1) is 7.61. The Morgan fingerprint density at radius 3 is 3.00 bits per heavy atom. The van der Waals surface area contributed by atoms with Crippen LogP contribution in [0.5, 0.6) is 0 Å². The van der Waals surface area contributed by atoms with Gasteiger partial charge in [0.2, 0.25) is 12.2 Å². The summed E-state index contributed by atoms with van der Waals surface area (Å²) in [5.74, 6) is 1.16. The normalized spacial score (nSPS) is 15.7. The highest BCUT2D eigenvalue weighted by atomic mass is 16.5. The Bertz CT molecular complexity index is 436. The summed E-state index contributed by atoms with van der Waals surface area (Å²) in [6, 6.07) is 1.98. The van der Waals surface area contributed by atoms with Crippen LogP contribution in [0.3, 0.4) is 0 Å². The highest BCUT2D eigenvalue weighted by Gasteiger charge is 2.25. The summed E-state index contributed by atoms with van der Waals surface area (Å²) in [7, 11) is 0. The minimum atomic E-state index is 0.571. The third-order valence-corrected chi connectivity index (χ3v) is 2.29. The highest BCUT2D eigenvalue weighted by molar-refractivity contribution is 5.52. The smallest absolute Gasteiger partial charge is 0.214 e. The second-order valence-electron chi connectivity index (χ2n) is 3.40. The standard InChI is InChI=1S/C9H8N4O/c1-2-6(1)8-3-7(4-11-12-8)9-10-5-14-13-9/h3-6H,1-2H2. The molecule has 0 atom stereocenters. The molecule has 0 bridgehead atoms. The van der Waals surface area contributed by atoms with Crippen molar-refractivity contribution in [3.05, 3.63) is 24.4 Å². The van der Waals surface area contributed by atoms with Gasteiger partial charge >= 0.3 is 0 Å². The van der Waals surface area contributed by atoms with Crippen molar-refractivity contribution >= 4 is 0 Å². The molecule has 0 amide bonds. The van der Waals surface area contributed by atoms with Gasteiger partial charge in [0.15, 0.2) is 0 Å². The molecular weight excluding hydrogens is 180 g/mol. The van der Waals surface area contributed by atoms with Crippen molar-refractivity contribution in [3.8, 4) is 11.4 Å². The molecule has 0 aromatic carbocycles. The Morgan fingerprint density at radius 1 is 1.36 bits per heavy atom. The fraction of sp³-hybridized carbons (Fsp3) is 0.333. The van der Waals surface area contributed by atoms with E-state index in [2.05, 4.69) is 24.9 Å². The second kappa shape index (κ2) is 2.87. The van der Waals surface area contributed by atoms with E-state index in [0.29, 0.717) is 11.7 Å². The molecule has 5 nitrogen and oxygen atoms in total. The van der Waals surface area contributed by atoms with Crippen molar-refractivity contribution in [2.45, 2.75) is 18.8 Å². The number of nitrogens with zero attached hydrogens (tertiary/aromatic N) is 4. The maximum Gasteiger partial charge on any atom is 0.214 e. The number of rotatable bonds is 2. The van der Waals surface area contributed by atoms with E-state index >= 15 is 0 Å². The summed E-state index contributed by atoms with van der Waals surface area (Å²) in [6.45, 7) is 0. The van der Waals surface area contributed by atoms with Gasteiger partial charge in [0.05, 0.1) is 11.9 Å². The molecule has 70 valence electrons. The van der Waals surface area contributed by atoms with Gasteiger partial charge in [-0.05, 0) is 18.9 Å². The average molecular weight is 188 g/mol. The summed E-state index contributed by atoms with van der Waals surface area (Å²) in [4.78, 5) is 3.96. The molecule has 0 aliphatic heterocycles. The van der Waals surface area contributed by atoms with Crippen molar-refractivity contribution in [1.82, 2.24) is 20.3 Å². The van der Waals surface area contributed by atoms with E-state index in [0.717, 1.165) is 11.3 Å². The molecule has 0 N–H and O–H groups in total. The van der Waals surface area contributed by atoms with E-state index in [1.807, 2.05) is 6.07 Å². The summed E-state index contributed by atoms with van der Waals surface area (Å²) in [6.07, 6.45) is 5.39. The molecule has 3 rings (SSSR count). The summed E-state index contributed by atoms with van der Waals surface area (Å²) in [5, 5.41) is 11.8. The van der Waals surface area contributed by atoms with E-state index in [-0.39, 0.29) is 0 Å². The highest BCUT2D eigenvalue weighted by Crippen LogP contribution is 2.39. The van der Waals surface area contributed by atoms with Crippen LogP contribution in [-0.4, -0.2) is 20.3 Å². The Kier molecular flexibility index (Phi) is 1.56. The lowest BCUT2D eigenvalue weighted by molar-refractivity contribution is 0.418. The molecule has 1 saturated carbocycles. The lowest BCUT2D eigenvalue weighted by Gasteiger charge is -1.96. The first-order chi connectivity index (χ1) is 6.93. The second-order valence-corrected chi connectivity index (χ2v) is 3.40. The van der Waals surface area contributed by atoms with Gasteiger partial charge < -0.3 is 4.52 Å². The summed E-state index contributed by atoms with van der Waals surface area (Å²) < 4.78 is 4.68. The van der Waals surface area contributed by atoms with Crippen LogP contribution in [0.1, 0.15) is 24.5 Å². The Balaban J connectivity index is 2.02. The Labute approximate surface area is 80.2 Å². The molecule has 0 unspecified atom stereocenters. The van der Waals surface area contributed by atoms with Gasteiger partial charge in [0.1, 0.15) is 0 Å². The largest absolute Gasteiger partial charge is 0.342 e. The van der Waals surface area contributed by atoms with Crippen LogP contribution < -0.4 is 0 Å². The average Bonchev–Trinajstić information content (AvgIpc) is 2.94. The Hall–Kier alpha value is -1.78. The predicted octanol–water partition coefficient (Wildman–Crippen LogP) is 1.40. The molecule has 1 fully saturated rings. The zero-order chi connectivity index (χ0) is 9.38. The number of hydrogen-bond donors (Lipinski definition) is 0. The molecule has 1 aliphatic rings. The minimum Gasteiger partial charge on any atom is -0.342 e. The molecule has 5 heteroatoms. The fourth-order valence-electron chi connectivity index (χ4n) is 1.38. The topological polar surface area (TPSA) is 64.7 Å². The van der Waals surface area contributed by atoms with Crippen LogP contribution in [0.15, 0.2) is 23.2 Å². The van der Waals surface area contributed by atoms with Crippen molar-refractivity contribution in [1.29, 1.82) is 0 Å². The third kappa shape index (κ3) is 1.26. The fourth-order valence-corrected chi connectivity index (χ4v) is 1.38. The maximum atomic E-state index is 4.68. The number of hydrogen-bond acceptors (Lipinski definition) is 5. The maximum absolute atomic E-state index is 4.68. The predicted molar refractivity (Wildman–Crippen MR) is 47.3 cm³/mol. The molecule has 2 aromatic rings. The monoisotopic (exact) mass is 188 g/mol.